The smallest absolute Gasteiger partial charge is 0.313 e. The SMILES string of the molecule is CC(C)CN1C[C@]23C=C[C@H](O2)[C@H](C(=O)OC(C)C)[C@@H]3C1=O. The molecule has 4 atom stereocenters. The van der Waals surface area contributed by atoms with E-state index in [-0.39, 0.29) is 24.1 Å². The highest BCUT2D eigenvalue weighted by atomic mass is 16.6. The van der Waals surface area contributed by atoms with Crippen LogP contribution in [0.5, 0.6) is 0 Å². The maximum atomic E-state index is 12.7. The van der Waals surface area contributed by atoms with E-state index in [0.717, 1.165) is 0 Å². The van der Waals surface area contributed by atoms with Crippen LogP contribution < -0.4 is 0 Å². The Morgan fingerprint density at radius 1 is 1.48 bits per heavy atom. The van der Waals surface area contributed by atoms with Gasteiger partial charge >= 0.3 is 5.97 Å². The van der Waals surface area contributed by atoms with Gasteiger partial charge in [0.1, 0.15) is 11.5 Å². The molecule has 5 heteroatoms. The number of amides is 1. The molecule has 0 saturated carbocycles. The Hall–Kier alpha value is -1.36. The molecule has 0 aromatic rings. The first-order valence-electron chi connectivity index (χ1n) is 7.70. The highest BCUT2D eigenvalue weighted by Gasteiger charge is 2.67. The lowest BCUT2D eigenvalue weighted by molar-refractivity contribution is -0.157. The fourth-order valence-electron chi connectivity index (χ4n) is 3.75. The molecule has 1 spiro atoms. The summed E-state index contributed by atoms with van der Waals surface area (Å²) in [5, 5.41) is 0. The number of rotatable bonds is 4. The van der Waals surface area contributed by atoms with Crippen molar-refractivity contribution in [2.45, 2.75) is 45.5 Å². The third kappa shape index (κ3) is 2.18. The lowest BCUT2D eigenvalue weighted by Crippen LogP contribution is -2.40. The second-order valence-corrected chi connectivity index (χ2v) is 7.00. The standard InChI is InChI=1S/C16H23NO4/c1-9(2)7-17-8-16-6-5-11(21-16)12(13(16)14(17)18)15(19)20-10(3)4/h5-6,9-13H,7-8H2,1-4H3/t11-,12-,13+,16-/m0/s1. The van der Waals surface area contributed by atoms with Gasteiger partial charge in [0, 0.05) is 6.54 Å². The Morgan fingerprint density at radius 2 is 2.19 bits per heavy atom. The van der Waals surface area contributed by atoms with Crippen molar-refractivity contribution in [2.24, 2.45) is 17.8 Å². The Labute approximate surface area is 125 Å². The van der Waals surface area contributed by atoms with E-state index in [1.165, 1.54) is 0 Å². The zero-order chi connectivity index (χ0) is 15.4. The molecule has 1 amide bonds. The lowest BCUT2D eigenvalue weighted by Gasteiger charge is -2.23. The van der Waals surface area contributed by atoms with Crippen molar-refractivity contribution in [1.82, 2.24) is 4.90 Å². The third-order valence-corrected chi connectivity index (χ3v) is 4.39. The molecule has 0 aliphatic carbocycles. The predicted octanol–water partition coefficient (Wildman–Crippen LogP) is 1.38. The Kier molecular flexibility index (Phi) is 3.35. The summed E-state index contributed by atoms with van der Waals surface area (Å²) in [5.41, 5.74) is -0.614. The van der Waals surface area contributed by atoms with Gasteiger partial charge in [-0.3, -0.25) is 9.59 Å². The highest BCUT2D eigenvalue weighted by molar-refractivity contribution is 5.91. The number of likely N-dealkylation sites (tertiary alicyclic amines) is 1. The second-order valence-electron chi connectivity index (χ2n) is 7.00. The summed E-state index contributed by atoms with van der Waals surface area (Å²) in [6, 6.07) is 0. The number of fused-ring (bicyclic) bond motifs is 1. The molecule has 3 aliphatic rings. The van der Waals surface area contributed by atoms with E-state index in [9.17, 15) is 9.59 Å². The monoisotopic (exact) mass is 293 g/mol. The lowest BCUT2D eigenvalue weighted by atomic mass is 9.77. The summed E-state index contributed by atoms with van der Waals surface area (Å²) in [6.07, 6.45) is 3.39. The summed E-state index contributed by atoms with van der Waals surface area (Å²) < 4.78 is 11.3. The topological polar surface area (TPSA) is 55.8 Å². The number of hydrogen-bond donors (Lipinski definition) is 0. The first-order valence-corrected chi connectivity index (χ1v) is 7.70. The van der Waals surface area contributed by atoms with Crippen molar-refractivity contribution in [3.05, 3.63) is 12.2 Å². The molecule has 2 saturated heterocycles. The highest BCUT2D eigenvalue weighted by Crippen LogP contribution is 2.52. The second kappa shape index (κ2) is 4.83. The minimum absolute atomic E-state index is 0.0289. The molecule has 5 nitrogen and oxygen atoms in total. The van der Waals surface area contributed by atoms with Gasteiger partial charge in [0.2, 0.25) is 5.91 Å². The van der Waals surface area contributed by atoms with E-state index < -0.39 is 17.4 Å². The van der Waals surface area contributed by atoms with Gasteiger partial charge in [0.05, 0.1) is 24.7 Å². The zero-order valence-electron chi connectivity index (χ0n) is 13.0. The number of nitrogens with zero attached hydrogens (tertiary/aromatic N) is 1. The molecule has 2 fully saturated rings. The van der Waals surface area contributed by atoms with Crippen LogP contribution in [0, 0.1) is 17.8 Å². The van der Waals surface area contributed by atoms with E-state index in [1.54, 1.807) is 0 Å². The van der Waals surface area contributed by atoms with Gasteiger partial charge in [-0.15, -0.1) is 0 Å². The van der Waals surface area contributed by atoms with Crippen LogP contribution in [0.4, 0.5) is 0 Å². The van der Waals surface area contributed by atoms with Gasteiger partial charge in [-0.1, -0.05) is 26.0 Å². The summed E-state index contributed by atoms with van der Waals surface area (Å²) in [6.45, 7) is 9.05. The molecular weight excluding hydrogens is 270 g/mol. The number of esters is 1. The van der Waals surface area contributed by atoms with E-state index in [2.05, 4.69) is 13.8 Å². The Balaban J connectivity index is 1.85. The molecular formula is C16H23NO4. The molecule has 0 N–H and O–H groups in total. The van der Waals surface area contributed by atoms with Gasteiger partial charge in [-0.25, -0.2) is 0 Å². The summed E-state index contributed by atoms with van der Waals surface area (Å²) in [4.78, 5) is 26.9. The minimum atomic E-state index is -0.614. The van der Waals surface area contributed by atoms with Crippen LogP contribution >= 0.6 is 0 Å². The predicted molar refractivity (Wildman–Crippen MR) is 76.4 cm³/mol. The number of ether oxygens (including phenoxy) is 2. The van der Waals surface area contributed by atoms with Crippen molar-refractivity contribution >= 4 is 11.9 Å². The van der Waals surface area contributed by atoms with Crippen molar-refractivity contribution in [3.8, 4) is 0 Å². The number of hydrogen-bond acceptors (Lipinski definition) is 4. The van der Waals surface area contributed by atoms with Crippen molar-refractivity contribution in [2.75, 3.05) is 13.1 Å². The first kappa shape index (κ1) is 14.6. The Bertz CT molecular complexity index is 499. The van der Waals surface area contributed by atoms with E-state index in [0.29, 0.717) is 19.0 Å². The summed E-state index contributed by atoms with van der Waals surface area (Å²) in [5.74, 6) is -0.807. The van der Waals surface area contributed by atoms with Crippen molar-refractivity contribution in [3.63, 3.8) is 0 Å². The molecule has 0 radical (unpaired) electrons. The van der Waals surface area contributed by atoms with Crippen LogP contribution in [0.3, 0.4) is 0 Å². The van der Waals surface area contributed by atoms with Gasteiger partial charge in [0.15, 0.2) is 0 Å². The number of carbonyl (C=O) groups excluding carboxylic acids is 2. The van der Waals surface area contributed by atoms with Gasteiger partial charge in [-0.2, -0.15) is 0 Å². The zero-order valence-corrected chi connectivity index (χ0v) is 13.0. The van der Waals surface area contributed by atoms with Crippen molar-refractivity contribution in [1.29, 1.82) is 0 Å². The number of carbonyl (C=O) groups is 2. The molecule has 116 valence electrons. The average Bonchev–Trinajstić information content (AvgIpc) is 2.97. The molecule has 0 aromatic carbocycles. The summed E-state index contributed by atoms with van der Waals surface area (Å²) >= 11 is 0. The molecule has 2 bridgehead atoms. The maximum Gasteiger partial charge on any atom is 0.313 e. The van der Waals surface area contributed by atoms with Crippen LogP contribution in [-0.4, -0.2) is 47.7 Å². The molecule has 3 aliphatic heterocycles. The summed E-state index contributed by atoms with van der Waals surface area (Å²) in [7, 11) is 0. The van der Waals surface area contributed by atoms with Gasteiger partial charge in [0.25, 0.3) is 0 Å². The van der Waals surface area contributed by atoms with Gasteiger partial charge < -0.3 is 14.4 Å². The van der Waals surface area contributed by atoms with Crippen LogP contribution in [0.25, 0.3) is 0 Å². The maximum absolute atomic E-state index is 12.7. The van der Waals surface area contributed by atoms with E-state index in [1.807, 2.05) is 30.9 Å². The van der Waals surface area contributed by atoms with Crippen LogP contribution in [0.1, 0.15) is 27.7 Å². The van der Waals surface area contributed by atoms with Crippen LogP contribution in [-0.2, 0) is 19.1 Å². The fraction of sp³-hybridized carbons (Fsp3) is 0.750. The van der Waals surface area contributed by atoms with E-state index in [4.69, 9.17) is 9.47 Å². The first-order chi connectivity index (χ1) is 9.84. The molecule has 0 unspecified atom stereocenters. The molecule has 3 heterocycles. The van der Waals surface area contributed by atoms with Crippen LogP contribution in [0.15, 0.2) is 12.2 Å². The fourth-order valence-corrected chi connectivity index (χ4v) is 3.75. The Morgan fingerprint density at radius 3 is 2.81 bits per heavy atom. The van der Waals surface area contributed by atoms with E-state index >= 15 is 0 Å². The quantitative estimate of drug-likeness (QED) is 0.580. The molecule has 21 heavy (non-hydrogen) atoms. The minimum Gasteiger partial charge on any atom is -0.463 e. The normalized spacial score (nSPS) is 37.0. The van der Waals surface area contributed by atoms with Crippen LogP contribution in [0.2, 0.25) is 0 Å². The largest absolute Gasteiger partial charge is 0.463 e. The molecule has 0 aromatic heterocycles. The van der Waals surface area contributed by atoms with Gasteiger partial charge in [-0.05, 0) is 19.8 Å². The molecule has 3 rings (SSSR count). The average molecular weight is 293 g/mol. The van der Waals surface area contributed by atoms with Crippen molar-refractivity contribution < 1.29 is 19.1 Å². The third-order valence-electron chi connectivity index (χ3n) is 4.39.